The Morgan fingerprint density at radius 2 is 1.65 bits per heavy atom. The lowest BCUT2D eigenvalue weighted by Crippen LogP contribution is -2.36. The summed E-state index contributed by atoms with van der Waals surface area (Å²) in [6.45, 7) is -0.401. The van der Waals surface area contributed by atoms with Crippen LogP contribution >= 0.6 is 0 Å². The highest BCUT2D eigenvalue weighted by atomic mass is 19.4. The maximum Gasteiger partial charge on any atom is 0.471 e. The number of anilines is 1. The van der Waals surface area contributed by atoms with Gasteiger partial charge in [-0.1, -0.05) is 12.1 Å². The molecule has 13 heteroatoms. The average molecular weight is 478 g/mol. The molecule has 0 saturated carbocycles. The Kier molecular flexibility index (Phi) is 6.94. The lowest BCUT2D eigenvalue weighted by molar-refractivity contribution is -0.384. The topological polar surface area (TPSA) is 139 Å². The number of halogens is 3. The molecule has 0 aliphatic carbocycles. The van der Waals surface area contributed by atoms with Crippen molar-refractivity contribution < 1.29 is 37.3 Å². The van der Waals surface area contributed by atoms with Gasteiger partial charge in [0.1, 0.15) is 0 Å². The third kappa shape index (κ3) is 5.54. The van der Waals surface area contributed by atoms with E-state index in [1.165, 1.54) is 30.3 Å². The summed E-state index contributed by atoms with van der Waals surface area (Å²) in [4.78, 5) is 58.9. The summed E-state index contributed by atoms with van der Waals surface area (Å²) in [7, 11) is 0. The third-order valence-corrected chi connectivity index (χ3v) is 4.90. The summed E-state index contributed by atoms with van der Waals surface area (Å²) in [5, 5.41) is 15.2. The number of nitrogens with one attached hydrogen (secondary N) is 2. The van der Waals surface area contributed by atoms with Gasteiger partial charge in [-0.2, -0.15) is 13.2 Å². The normalized spacial score (nSPS) is 13.0. The summed E-state index contributed by atoms with van der Waals surface area (Å²) >= 11 is 0. The Morgan fingerprint density at radius 1 is 1.00 bits per heavy atom. The Morgan fingerprint density at radius 3 is 2.26 bits per heavy atom. The minimum Gasteiger partial charge on any atom is -0.344 e. The van der Waals surface area contributed by atoms with Gasteiger partial charge in [0.15, 0.2) is 0 Å². The Bertz CT molecular complexity index is 1160. The lowest BCUT2D eigenvalue weighted by atomic mass is 10.1. The molecule has 0 unspecified atom stereocenters. The molecule has 1 aliphatic rings. The number of nitrogens with zero attached hydrogens (tertiary/aromatic N) is 2. The fourth-order valence-corrected chi connectivity index (χ4v) is 3.21. The Balaban J connectivity index is 1.47. The minimum atomic E-state index is -4.97. The SMILES string of the molecule is O=C(CCCN1C(=O)c2ccc([N+](=O)[O-])cc2C1=O)Nc1ccc(CNC(=O)C(F)(F)F)cc1. The molecule has 1 heterocycles. The van der Waals surface area contributed by atoms with Crippen molar-refractivity contribution in [2.75, 3.05) is 11.9 Å². The maximum atomic E-state index is 12.4. The molecular formula is C21H17F3N4O6. The first-order valence-electron chi connectivity index (χ1n) is 9.86. The van der Waals surface area contributed by atoms with Crippen molar-refractivity contribution in [3.8, 4) is 0 Å². The summed E-state index contributed by atoms with van der Waals surface area (Å²) in [6.07, 6.45) is -4.88. The molecule has 0 aromatic heterocycles. The molecule has 0 radical (unpaired) electrons. The summed E-state index contributed by atoms with van der Waals surface area (Å²) in [6, 6.07) is 9.16. The standard InChI is InChI=1S/C21H17F3N4O6/c22-21(23,24)20(32)25-11-12-3-5-13(6-4-12)26-17(29)2-1-9-27-18(30)15-8-7-14(28(33)34)10-16(15)19(27)31/h3-8,10H,1-2,9,11H2,(H,25,32)(H,26,29). The van der Waals surface area contributed by atoms with Gasteiger partial charge in [0.25, 0.3) is 17.5 Å². The van der Waals surface area contributed by atoms with Crippen LogP contribution in [-0.2, 0) is 16.1 Å². The molecule has 178 valence electrons. The van der Waals surface area contributed by atoms with Crippen LogP contribution in [0, 0.1) is 10.1 Å². The Labute approximate surface area is 189 Å². The van der Waals surface area contributed by atoms with Crippen molar-refractivity contribution in [3.05, 3.63) is 69.3 Å². The number of carbonyl (C=O) groups excluding carboxylic acids is 4. The highest BCUT2D eigenvalue weighted by Crippen LogP contribution is 2.27. The number of nitro groups is 1. The van der Waals surface area contributed by atoms with Crippen LogP contribution in [0.5, 0.6) is 0 Å². The van der Waals surface area contributed by atoms with Crippen LogP contribution in [0.3, 0.4) is 0 Å². The van der Waals surface area contributed by atoms with Crippen molar-refractivity contribution in [1.82, 2.24) is 10.2 Å². The predicted molar refractivity (Wildman–Crippen MR) is 111 cm³/mol. The van der Waals surface area contributed by atoms with Gasteiger partial charge in [0.2, 0.25) is 5.91 Å². The Hall–Kier alpha value is -4.29. The van der Waals surface area contributed by atoms with Crippen molar-refractivity contribution in [2.24, 2.45) is 0 Å². The van der Waals surface area contributed by atoms with Gasteiger partial charge in [-0.15, -0.1) is 0 Å². The van der Waals surface area contributed by atoms with Crippen LogP contribution in [-0.4, -0.2) is 46.2 Å². The van der Waals surface area contributed by atoms with Crippen LogP contribution in [0.2, 0.25) is 0 Å². The molecular weight excluding hydrogens is 461 g/mol. The molecule has 34 heavy (non-hydrogen) atoms. The maximum absolute atomic E-state index is 12.4. The van der Waals surface area contributed by atoms with Gasteiger partial charge in [-0.3, -0.25) is 34.2 Å². The zero-order chi connectivity index (χ0) is 25.0. The van der Waals surface area contributed by atoms with Crippen LogP contribution in [0.4, 0.5) is 24.5 Å². The second-order valence-corrected chi connectivity index (χ2v) is 7.28. The first-order chi connectivity index (χ1) is 16.0. The molecule has 4 amide bonds. The van der Waals surface area contributed by atoms with E-state index < -0.39 is 34.7 Å². The van der Waals surface area contributed by atoms with Gasteiger partial charge in [-0.05, 0) is 30.2 Å². The van der Waals surface area contributed by atoms with Crippen LogP contribution < -0.4 is 10.6 Å². The quantitative estimate of drug-likeness (QED) is 0.340. The predicted octanol–water partition coefficient (Wildman–Crippen LogP) is 2.79. The zero-order valence-electron chi connectivity index (χ0n) is 17.3. The third-order valence-electron chi connectivity index (χ3n) is 4.90. The number of hydrogen-bond donors (Lipinski definition) is 2. The number of hydrogen-bond acceptors (Lipinski definition) is 6. The molecule has 1 aliphatic heterocycles. The monoisotopic (exact) mass is 478 g/mol. The van der Waals surface area contributed by atoms with Gasteiger partial charge < -0.3 is 10.6 Å². The molecule has 10 nitrogen and oxygen atoms in total. The summed E-state index contributed by atoms with van der Waals surface area (Å²) < 4.78 is 36.6. The second kappa shape index (κ2) is 9.68. The first kappa shape index (κ1) is 24.4. The molecule has 0 saturated heterocycles. The van der Waals surface area contributed by atoms with Crippen LogP contribution in [0.25, 0.3) is 0 Å². The highest BCUT2D eigenvalue weighted by molar-refractivity contribution is 6.21. The average Bonchev–Trinajstić information content (AvgIpc) is 3.02. The van der Waals surface area contributed by atoms with E-state index in [1.807, 2.05) is 0 Å². The largest absolute Gasteiger partial charge is 0.471 e. The number of non-ortho nitro benzene ring substituents is 1. The van der Waals surface area contributed by atoms with Crippen molar-refractivity contribution in [3.63, 3.8) is 0 Å². The molecule has 2 aromatic carbocycles. The van der Waals surface area contributed by atoms with E-state index in [1.54, 1.807) is 5.32 Å². The van der Waals surface area contributed by atoms with Crippen molar-refractivity contribution in [1.29, 1.82) is 0 Å². The molecule has 2 N–H and O–H groups in total. The fourth-order valence-electron chi connectivity index (χ4n) is 3.21. The van der Waals surface area contributed by atoms with Gasteiger partial charge in [0.05, 0.1) is 16.1 Å². The number of fused-ring (bicyclic) bond motifs is 1. The molecule has 0 fully saturated rings. The fraction of sp³-hybridized carbons (Fsp3) is 0.238. The van der Waals surface area contributed by atoms with Crippen LogP contribution in [0.15, 0.2) is 42.5 Å². The van der Waals surface area contributed by atoms with Gasteiger partial charge in [0, 0.05) is 37.3 Å². The van der Waals surface area contributed by atoms with E-state index in [0.717, 1.165) is 17.0 Å². The number of imide groups is 1. The smallest absolute Gasteiger partial charge is 0.344 e. The molecule has 3 rings (SSSR count). The van der Waals surface area contributed by atoms with E-state index in [4.69, 9.17) is 0 Å². The molecule has 0 bridgehead atoms. The first-order valence-corrected chi connectivity index (χ1v) is 9.86. The second-order valence-electron chi connectivity index (χ2n) is 7.28. The van der Waals surface area contributed by atoms with Gasteiger partial charge >= 0.3 is 12.1 Å². The van der Waals surface area contributed by atoms with E-state index in [2.05, 4.69) is 5.32 Å². The molecule has 2 aromatic rings. The van der Waals surface area contributed by atoms with E-state index in [-0.39, 0.29) is 42.7 Å². The number of amides is 4. The number of rotatable bonds is 8. The van der Waals surface area contributed by atoms with Gasteiger partial charge in [-0.25, -0.2) is 0 Å². The molecule has 0 spiro atoms. The van der Waals surface area contributed by atoms with E-state index >= 15 is 0 Å². The lowest BCUT2D eigenvalue weighted by Gasteiger charge is -2.13. The van der Waals surface area contributed by atoms with Crippen molar-refractivity contribution in [2.45, 2.75) is 25.6 Å². The minimum absolute atomic E-state index is 0.0447. The number of nitro benzene ring substituents is 1. The summed E-state index contributed by atoms with van der Waals surface area (Å²) in [5.41, 5.74) is 0.446. The number of benzene rings is 2. The highest BCUT2D eigenvalue weighted by Gasteiger charge is 2.38. The van der Waals surface area contributed by atoms with Crippen LogP contribution in [0.1, 0.15) is 39.1 Å². The number of alkyl halides is 3. The number of carbonyl (C=O) groups is 4. The zero-order valence-corrected chi connectivity index (χ0v) is 17.3. The molecule has 0 atom stereocenters. The summed E-state index contributed by atoms with van der Waals surface area (Å²) in [5.74, 6) is -3.74. The van der Waals surface area contributed by atoms with E-state index in [0.29, 0.717) is 11.3 Å². The van der Waals surface area contributed by atoms with E-state index in [9.17, 15) is 42.5 Å². The van der Waals surface area contributed by atoms with Crippen molar-refractivity contribution >= 4 is 35.0 Å².